The lowest BCUT2D eigenvalue weighted by Gasteiger charge is -2.09. The third-order valence-corrected chi connectivity index (χ3v) is 2.86. The molecule has 0 amide bonds. The molecular weight excluding hydrogens is 281 g/mol. The third-order valence-electron chi connectivity index (χ3n) is 1.55. The van der Waals surface area contributed by atoms with Crippen molar-refractivity contribution >= 4 is 22.6 Å². The minimum atomic E-state index is 0.277. The Balaban J connectivity index is 2.92. The van der Waals surface area contributed by atoms with Gasteiger partial charge < -0.3 is 9.47 Å². The average molecular weight is 293 g/mol. The van der Waals surface area contributed by atoms with E-state index in [1.165, 1.54) is 0 Å². The maximum atomic E-state index is 5.38. The first-order chi connectivity index (χ1) is 6.15. The van der Waals surface area contributed by atoms with Crippen molar-refractivity contribution in [3.05, 3.63) is 21.0 Å². The van der Waals surface area contributed by atoms with Crippen LogP contribution in [0.1, 0.15) is 11.4 Å². The Hall–Kier alpha value is -0.360. The zero-order valence-electron chi connectivity index (χ0n) is 7.93. The fraction of sp³-hybridized carbons (Fsp3) is 0.444. The van der Waals surface area contributed by atoms with E-state index in [-0.39, 0.29) is 6.79 Å². The first-order valence-corrected chi connectivity index (χ1v) is 4.98. The van der Waals surface area contributed by atoms with E-state index in [1.807, 2.05) is 19.9 Å². The molecule has 13 heavy (non-hydrogen) atoms. The number of pyridine rings is 1. The largest absolute Gasteiger partial charge is 0.466 e. The van der Waals surface area contributed by atoms with Crippen molar-refractivity contribution in [3.63, 3.8) is 0 Å². The van der Waals surface area contributed by atoms with Gasteiger partial charge in [-0.15, -0.1) is 0 Å². The van der Waals surface area contributed by atoms with Crippen LogP contribution >= 0.6 is 22.6 Å². The number of hydrogen-bond donors (Lipinski definition) is 0. The summed E-state index contributed by atoms with van der Waals surface area (Å²) in [6, 6.07) is 1.91. The molecule has 1 aromatic heterocycles. The molecule has 0 spiro atoms. The molecule has 0 saturated carbocycles. The summed E-state index contributed by atoms with van der Waals surface area (Å²) in [5.41, 5.74) is 1.95. The van der Waals surface area contributed by atoms with Crippen molar-refractivity contribution < 1.29 is 9.47 Å². The van der Waals surface area contributed by atoms with Gasteiger partial charge in [-0.1, -0.05) is 0 Å². The molecule has 1 rings (SSSR count). The van der Waals surface area contributed by atoms with Crippen LogP contribution in [-0.2, 0) is 4.74 Å². The number of aryl methyl sites for hydroxylation is 2. The smallest absolute Gasteiger partial charge is 0.188 e. The molecule has 0 unspecified atom stereocenters. The Kier molecular flexibility index (Phi) is 3.92. The summed E-state index contributed by atoms with van der Waals surface area (Å²) in [6.07, 6.45) is 0. The SMILES string of the molecule is COCOc1cc(C)nc(C)c1I. The maximum absolute atomic E-state index is 5.38. The predicted molar refractivity (Wildman–Crippen MR) is 58.9 cm³/mol. The molecule has 1 heterocycles. The summed E-state index contributed by atoms with van der Waals surface area (Å²) in [6.45, 7) is 4.19. The predicted octanol–water partition coefficient (Wildman–Crippen LogP) is 2.29. The monoisotopic (exact) mass is 293 g/mol. The maximum Gasteiger partial charge on any atom is 0.188 e. The van der Waals surface area contributed by atoms with Crippen LogP contribution in [0.15, 0.2) is 6.07 Å². The van der Waals surface area contributed by atoms with Gasteiger partial charge in [0.1, 0.15) is 5.75 Å². The van der Waals surface area contributed by atoms with Gasteiger partial charge in [0.05, 0.1) is 9.26 Å². The topological polar surface area (TPSA) is 31.4 Å². The lowest BCUT2D eigenvalue weighted by atomic mass is 10.3. The van der Waals surface area contributed by atoms with Gasteiger partial charge in [0.25, 0.3) is 0 Å². The van der Waals surface area contributed by atoms with E-state index in [0.717, 1.165) is 20.7 Å². The number of hydrogen-bond acceptors (Lipinski definition) is 3. The number of methoxy groups -OCH3 is 1. The number of aromatic nitrogens is 1. The molecule has 0 aliphatic carbocycles. The molecule has 0 aliphatic rings. The highest BCUT2D eigenvalue weighted by atomic mass is 127. The van der Waals surface area contributed by atoms with Gasteiger partial charge in [-0.2, -0.15) is 0 Å². The van der Waals surface area contributed by atoms with E-state index in [2.05, 4.69) is 27.6 Å². The van der Waals surface area contributed by atoms with Gasteiger partial charge >= 0.3 is 0 Å². The van der Waals surface area contributed by atoms with E-state index in [9.17, 15) is 0 Å². The van der Waals surface area contributed by atoms with Crippen LogP contribution in [0.5, 0.6) is 5.75 Å². The summed E-state index contributed by atoms with van der Waals surface area (Å²) in [7, 11) is 1.60. The molecule has 0 aromatic carbocycles. The highest BCUT2D eigenvalue weighted by molar-refractivity contribution is 14.1. The van der Waals surface area contributed by atoms with Crippen LogP contribution in [0.25, 0.3) is 0 Å². The molecule has 0 bridgehead atoms. The second kappa shape index (κ2) is 4.76. The molecule has 1 aromatic rings. The normalized spacial score (nSPS) is 10.2. The minimum absolute atomic E-state index is 0.277. The van der Waals surface area contributed by atoms with E-state index < -0.39 is 0 Å². The quantitative estimate of drug-likeness (QED) is 0.633. The van der Waals surface area contributed by atoms with Crippen LogP contribution in [0.3, 0.4) is 0 Å². The lowest BCUT2D eigenvalue weighted by molar-refractivity contribution is 0.0503. The average Bonchev–Trinajstić information content (AvgIpc) is 2.09. The zero-order valence-corrected chi connectivity index (χ0v) is 10.1. The summed E-state index contributed by atoms with van der Waals surface area (Å²) in [5.74, 6) is 0.840. The van der Waals surface area contributed by atoms with E-state index in [1.54, 1.807) is 7.11 Å². The highest BCUT2D eigenvalue weighted by Crippen LogP contribution is 2.23. The van der Waals surface area contributed by atoms with Crippen molar-refractivity contribution in [1.82, 2.24) is 4.98 Å². The van der Waals surface area contributed by atoms with Crippen LogP contribution in [0.2, 0.25) is 0 Å². The Labute approximate surface area is 91.6 Å². The Bertz CT molecular complexity index is 302. The number of rotatable bonds is 3. The van der Waals surface area contributed by atoms with Gasteiger partial charge in [-0.3, -0.25) is 4.98 Å². The fourth-order valence-electron chi connectivity index (χ4n) is 1.00. The summed E-state index contributed by atoms with van der Waals surface area (Å²) in [5, 5.41) is 0. The summed E-state index contributed by atoms with van der Waals surface area (Å²) >= 11 is 2.22. The number of halogens is 1. The molecule has 3 nitrogen and oxygen atoms in total. The summed E-state index contributed by atoms with van der Waals surface area (Å²) in [4.78, 5) is 4.31. The van der Waals surface area contributed by atoms with Gasteiger partial charge in [0.2, 0.25) is 0 Å². The van der Waals surface area contributed by atoms with Crippen molar-refractivity contribution in [2.45, 2.75) is 13.8 Å². The molecule has 0 radical (unpaired) electrons. The van der Waals surface area contributed by atoms with E-state index >= 15 is 0 Å². The van der Waals surface area contributed by atoms with E-state index in [4.69, 9.17) is 9.47 Å². The van der Waals surface area contributed by atoms with Crippen LogP contribution in [0, 0.1) is 17.4 Å². The first-order valence-electron chi connectivity index (χ1n) is 3.90. The zero-order chi connectivity index (χ0) is 9.84. The van der Waals surface area contributed by atoms with Gasteiger partial charge in [0.15, 0.2) is 6.79 Å². The van der Waals surface area contributed by atoms with Gasteiger partial charge in [-0.05, 0) is 36.4 Å². The lowest BCUT2D eigenvalue weighted by Crippen LogP contribution is -2.02. The van der Waals surface area contributed by atoms with E-state index in [0.29, 0.717) is 0 Å². The first kappa shape index (κ1) is 10.7. The number of ether oxygens (including phenoxy) is 2. The molecule has 4 heteroatoms. The van der Waals surface area contributed by atoms with Gasteiger partial charge in [-0.25, -0.2) is 0 Å². The van der Waals surface area contributed by atoms with Crippen LogP contribution < -0.4 is 4.74 Å². The Morgan fingerprint density at radius 2 is 2.15 bits per heavy atom. The summed E-state index contributed by atoms with van der Waals surface area (Å²) < 4.78 is 11.3. The number of nitrogens with zero attached hydrogens (tertiary/aromatic N) is 1. The molecule has 72 valence electrons. The Morgan fingerprint density at radius 3 is 2.77 bits per heavy atom. The van der Waals surface area contributed by atoms with Crippen molar-refractivity contribution in [2.75, 3.05) is 13.9 Å². The molecule has 0 atom stereocenters. The van der Waals surface area contributed by atoms with Gasteiger partial charge in [0, 0.05) is 18.9 Å². The third kappa shape index (κ3) is 2.80. The molecule has 0 fully saturated rings. The van der Waals surface area contributed by atoms with Crippen molar-refractivity contribution in [1.29, 1.82) is 0 Å². The molecule has 0 aliphatic heterocycles. The molecule has 0 saturated heterocycles. The van der Waals surface area contributed by atoms with Crippen LogP contribution in [0.4, 0.5) is 0 Å². The van der Waals surface area contributed by atoms with Crippen LogP contribution in [-0.4, -0.2) is 18.9 Å². The second-order valence-electron chi connectivity index (χ2n) is 2.71. The second-order valence-corrected chi connectivity index (χ2v) is 3.79. The standard InChI is InChI=1S/C9H12INO2/c1-6-4-8(13-5-12-3)9(10)7(2)11-6/h4H,5H2,1-3H3. The molecule has 0 N–H and O–H groups in total. The fourth-order valence-corrected chi connectivity index (χ4v) is 1.44. The van der Waals surface area contributed by atoms with Crippen molar-refractivity contribution in [2.24, 2.45) is 0 Å². The highest BCUT2D eigenvalue weighted by Gasteiger charge is 2.05. The Morgan fingerprint density at radius 1 is 1.46 bits per heavy atom. The van der Waals surface area contributed by atoms with Crippen molar-refractivity contribution in [3.8, 4) is 5.75 Å². The minimum Gasteiger partial charge on any atom is -0.466 e. The molecular formula is C9H12INO2.